The molecule has 0 radical (unpaired) electrons. The molecule has 4 atom stereocenters. The van der Waals surface area contributed by atoms with Crippen molar-refractivity contribution in [3.05, 3.63) is 0 Å². The van der Waals surface area contributed by atoms with Gasteiger partial charge in [0.25, 0.3) is 0 Å². The van der Waals surface area contributed by atoms with E-state index in [1.165, 1.54) is 65.0 Å². The molecule has 1 N–H and O–H groups in total. The highest BCUT2D eigenvalue weighted by Crippen LogP contribution is 2.66. The van der Waals surface area contributed by atoms with E-state index in [0.717, 1.165) is 35.0 Å². The van der Waals surface area contributed by atoms with E-state index in [1.54, 1.807) is 32.1 Å². The van der Waals surface area contributed by atoms with Crippen molar-refractivity contribution in [3.8, 4) is 0 Å². The fourth-order valence-corrected chi connectivity index (χ4v) is 7.80. The van der Waals surface area contributed by atoms with Crippen LogP contribution in [0, 0.1) is 35.0 Å². The highest BCUT2D eigenvalue weighted by molar-refractivity contribution is 5.07. The van der Waals surface area contributed by atoms with Gasteiger partial charge in [-0.2, -0.15) is 0 Å². The number of piperazine rings is 1. The van der Waals surface area contributed by atoms with Gasteiger partial charge in [0.1, 0.15) is 0 Å². The Balaban J connectivity index is 1.24. The zero-order valence-corrected chi connectivity index (χ0v) is 16.4. The van der Waals surface area contributed by atoms with Gasteiger partial charge >= 0.3 is 0 Å². The van der Waals surface area contributed by atoms with Gasteiger partial charge in [0.15, 0.2) is 0 Å². The minimum atomic E-state index is 0.767. The van der Waals surface area contributed by atoms with Crippen LogP contribution in [0.4, 0.5) is 0 Å². The second kappa shape index (κ2) is 6.80. The van der Waals surface area contributed by atoms with Crippen LogP contribution >= 0.6 is 0 Å². The van der Waals surface area contributed by atoms with E-state index in [9.17, 15) is 0 Å². The van der Waals surface area contributed by atoms with Crippen molar-refractivity contribution in [2.75, 3.05) is 39.3 Å². The molecular weight excluding hydrogens is 306 g/mol. The van der Waals surface area contributed by atoms with Crippen LogP contribution in [0.25, 0.3) is 0 Å². The highest BCUT2D eigenvalue weighted by atomic mass is 15.6. The Bertz CT molecular complexity index is 458. The summed E-state index contributed by atoms with van der Waals surface area (Å²) in [5, 5.41) is 9.10. The fraction of sp³-hybridized carbons (Fsp3) is 1.00. The van der Waals surface area contributed by atoms with E-state index in [-0.39, 0.29) is 0 Å². The normalized spacial score (nSPS) is 46.6. The smallest absolute Gasteiger partial charge is 0.0259 e. The lowest BCUT2D eigenvalue weighted by Crippen LogP contribution is -2.54. The molecule has 3 nitrogen and oxygen atoms in total. The lowest BCUT2D eigenvalue weighted by atomic mass is 9.73. The lowest BCUT2D eigenvalue weighted by Gasteiger charge is -2.42. The van der Waals surface area contributed by atoms with Crippen molar-refractivity contribution in [1.29, 1.82) is 0 Å². The van der Waals surface area contributed by atoms with Crippen LogP contribution in [0.2, 0.25) is 0 Å². The average Bonchev–Trinajstić information content (AvgIpc) is 3.21. The summed E-state index contributed by atoms with van der Waals surface area (Å²) in [6.07, 6.45) is 13.8. The van der Waals surface area contributed by atoms with E-state index >= 15 is 0 Å². The number of rotatable bonds is 6. The first-order valence-electron chi connectivity index (χ1n) is 11.4. The van der Waals surface area contributed by atoms with E-state index in [2.05, 4.69) is 22.3 Å². The highest BCUT2D eigenvalue weighted by Gasteiger charge is 2.57. The standard InChI is InChI=1S/C22H39N3/c1-17-2-3-18(10-17)16-25(24-8-5-23-6-9-24)7-4-22-14-19-11-20(15-22)13-21(22)12-19/h17-21,23H,2-16H2,1H3. The van der Waals surface area contributed by atoms with Crippen LogP contribution in [0.1, 0.15) is 64.7 Å². The summed E-state index contributed by atoms with van der Waals surface area (Å²) < 4.78 is 0. The van der Waals surface area contributed by atoms with Gasteiger partial charge in [-0.1, -0.05) is 13.3 Å². The summed E-state index contributed by atoms with van der Waals surface area (Å²) in [5.41, 5.74) is 0.767. The molecular formula is C22H39N3. The fourth-order valence-electron chi connectivity index (χ4n) is 7.80. The topological polar surface area (TPSA) is 18.5 Å². The predicted molar refractivity (Wildman–Crippen MR) is 103 cm³/mol. The molecule has 1 heterocycles. The van der Waals surface area contributed by atoms with Gasteiger partial charge in [-0.15, -0.1) is 0 Å². The van der Waals surface area contributed by atoms with E-state index in [1.807, 2.05) is 0 Å². The molecule has 4 unspecified atom stereocenters. The molecule has 6 rings (SSSR count). The molecule has 25 heavy (non-hydrogen) atoms. The molecule has 4 bridgehead atoms. The summed E-state index contributed by atoms with van der Waals surface area (Å²) in [6, 6.07) is 0. The zero-order valence-electron chi connectivity index (χ0n) is 16.4. The molecule has 5 saturated carbocycles. The quantitative estimate of drug-likeness (QED) is 0.791. The summed E-state index contributed by atoms with van der Waals surface area (Å²) >= 11 is 0. The SMILES string of the molecule is CC1CCC(CN(CCC23CC4CC(CC2C4)C3)N2CCNCC2)C1. The first kappa shape index (κ1) is 17.0. The molecule has 0 amide bonds. The van der Waals surface area contributed by atoms with E-state index in [0.29, 0.717) is 0 Å². The largest absolute Gasteiger partial charge is 0.314 e. The maximum absolute atomic E-state index is 3.55. The van der Waals surface area contributed by atoms with Crippen LogP contribution in [0.5, 0.6) is 0 Å². The Morgan fingerprint density at radius 1 is 1.00 bits per heavy atom. The van der Waals surface area contributed by atoms with Crippen molar-refractivity contribution in [2.24, 2.45) is 35.0 Å². The van der Waals surface area contributed by atoms with Crippen LogP contribution in [-0.4, -0.2) is 49.3 Å². The van der Waals surface area contributed by atoms with Crippen LogP contribution in [0.15, 0.2) is 0 Å². The second-order valence-electron chi connectivity index (χ2n) is 10.6. The third-order valence-corrected chi connectivity index (χ3v) is 8.79. The number of hydrogen-bond donors (Lipinski definition) is 1. The maximum Gasteiger partial charge on any atom is 0.0259 e. The molecule has 3 heteroatoms. The minimum Gasteiger partial charge on any atom is -0.314 e. The van der Waals surface area contributed by atoms with Crippen molar-refractivity contribution in [2.45, 2.75) is 64.7 Å². The molecule has 0 aromatic heterocycles. The van der Waals surface area contributed by atoms with Crippen molar-refractivity contribution >= 4 is 0 Å². The van der Waals surface area contributed by atoms with Crippen molar-refractivity contribution in [1.82, 2.24) is 15.3 Å². The third kappa shape index (κ3) is 3.30. The van der Waals surface area contributed by atoms with Crippen molar-refractivity contribution in [3.63, 3.8) is 0 Å². The summed E-state index contributed by atoms with van der Waals surface area (Å²) in [5.74, 6) is 5.25. The third-order valence-electron chi connectivity index (χ3n) is 8.79. The van der Waals surface area contributed by atoms with Gasteiger partial charge in [-0.3, -0.25) is 0 Å². The average molecular weight is 346 g/mol. The Labute approximate surface area is 154 Å². The monoisotopic (exact) mass is 345 g/mol. The molecule has 1 aliphatic heterocycles. The van der Waals surface area contributed by atoms with Crippen LogP contribution in [0.3, 0.4) is 0 Å². The predicted octanol–water partition coefficient (Wildman–Crippen LogP) is 3.76. The Kier molecular flexibility index (Phi) is 4.63. The van der Waals surface area contributed by atoms with Gasteiger partial charge < -0.3 is 5.32 Å². The Morgan fingerprint density at radius 2 is 1.76 bits per heavy atom. The molecule has 0 spiro atoms. The Hall–Kier alpha value is -0.120. The zero-order chi connectivity index (χ0) is 16.9. The first-order valence-corrected chi connectivity index (χ1v) is 11.4. The molecule has 142 valence electrons. The number of nitrogens with one attached hydrogen (secondary N) is 1. The molecule has 6 fully saturated rings. The second-order valence-corrected chi connectivity index (χ2v) is 10.6. The Morgan fingerprint density at radius 3 is 2.44 bits per heavy atom. The first-order chi connectivity index (χ1) is 12.2. The summed E-state index contributed by atoms with van der Waals surface area (Å²) in [7, 11) is 0. The summed E-state index contributed by atoms with van der Waals surface area (Å²) in [6.45, 7) is 9.96. The lowest BCUT2D eigenvalue weighted by molar-refractivity contribution is -0.0549. The molecule has 0 aromatic rings. The van der Waals surface area contributed by atoms with E-state index in [4.69, 9.17) is 0 Å². The van der Waals surface area contributed by atoms with Gasteiger partial charge in [0, 0.05) is 39.3 Å². The van der Waals surface area contributed by atoms with Gasteiger partial charge in [-0.25, -0.2) is 10.0 Å². The minimum absolute atomic E-state index is 0.767. The molecule has 0 aromatic carbocycles. The van der Waals surface area contributed by atoms with Crippen molar-refractivity contribution < 1.29 is 0 Å². The summed E-state index contributed by atoms with van der Waals surface area (Å²) in [4.78, 5) is 0. The maximum atomic E-state index is 3.55. The van der Waals surface area contributed by atoms with Gasteiger partial charge in [0.2, 0.25) is 0 Å². The number of hydrogen-bond acceptors (Lipinski definition) is 3. The molecule has 1 saturated heterocycles. The van der Waals surface area contributed by atoms with Gasteiger partial charge in [0.05, 0.1) is 0 Å². The van der Waals surface area contributed by atoms with Crippen LogP contribution in [-0.2, 0) is 0 Å². The van der Waals surface area contributed by atoms with Gasteiger partial charge in [-0.05, 0) is 86.4 Å². The van der Waals surface area contributed by atoms with Crippen LogP contribution < -0.4 is 5.32 Å². The van der Waals surface area contributed by atoms with E-state index < -0.39 is 0 Å². The number of nitrogens with zero attached hydrogens (tertiary/aromatic N) is 2. The molecule has 5 aliphatic carbocycles. The molecule has 6 aliphatic rings. The number of hydrazine groups is 1.